The van der Waals surface area contributed by atoms with E-state index in [0.29, 0.717) is 18.8 Å². The molecule has 0 aromatic heterocycles. The summed E-state index contributed by atoms with van der Waals surface area (Å²) in [6.45, 7) is 3.79. The van der Waals surface area contributed by atoms with E-state index < -0.39 is 15.9 Å². The minimum Gasteiger partial charge on any atom is -0.304 e. The van der Waals surface area contributed by atoms with Gasteiger partial charge in [-0.1, -0.05) is 31.0 Å². The van der Waals surface area contributed by atoms with Gasteiger partial charge in [0.15, 0.2) is 9.84 Å². The average molecular weight is 346 g/mol. The number of sulfone groups is 1. The van der Waals surface area contributed by atoms with E-state index in [0.717, 1.165) is 6.54 Å². The zero-order valence-corrected chi connectivity index (χ0v) is 14.6. The van der Waals surface area contributed by atoms with Crippen molar-refractivity contribution in [2.24, 2.45) is 0 Å². The van der Waals surface area contributed by atoms with E-state index in [9.17, 15) is 13.2 Å². The monoisotopic (exact) mass is 346 g/mol. The highest BCUT2D eigenvalue weighted by Crippen LogP contribution is 2.23. The summed E-state index contributed by atoms with van der Waals surface area (Å²) in [7, 11) is -3.24. The van der Waals surface area contributed by atoms with E-state index in [1.165, 1.54) is 5.41 Å². The van der Waals surface area contributed by atoms with Crippen LogP contribution in [0.2, 0.25) is 0 Å². The molecule has 1 atom stereocenters. The lowest BCUT2D eigenvalue weighted by atomic mass is 10.2. The van der Waals surface area contributed by atoms with E-state index in [4.69, 9.17) is 6.42 Å². The molecule has 1 aromatic rings. The summed E-state index contributed by atoms with van der Waals surface area (Å²) >= 11 is 0. The molecular weight excluding hydrogens is 324 g/mol. The first kappa shape index (κ1) is 18.2. The smallest absolute Gasteiger partial charge is 0.228 e. The van der Waals surface area contributed by atoms with Crippen LogP contribution in [0.5, 0.6) is 0 Å². The number of carbonyl (C=O) groups excluding carboxylic acids is 1. The number of anilines is 1. The zero-order chi connectivity index (χ0) is 17.6. The number of terminal acetylenes is 1. The van der Waals surface area contributed by atoms with E-state index in [1.807, 2.05) is 42.2 Å². The number of rotatable bonds is 7. The molecule has 0 unspecified atom stereocenters. The molecule has 0 spiro atoms. The van der Waals surface area contributed by atoms with Crippen molar-refractivity contribution in [2.75, 3.05) is 30.3 Å². The molecule has 0 saturated heterocycles. The second-order valence-corrected chi connectivity index (χ2v) is 7.58. The van der Waals surface area contributed by atoms with Crippen LogP contribution >= 0.6 is 0 Å². The summed E-state index contributed by atoms with van der Waals surface area (Å²) in [5.41, 5.74) is 0.703. The number of carbonyl (C=O) groups is 1. The van der Waals surface area contributed by atoms with Gasteiger partial charge in [-0.25, -0.2) is 8.42 Å². The summed E-state index contributed by atoms with van der Waals surface area (Å²) < 4.78 is 23.5. The van der Waals surface area contributed by atoms with Crippen LogP contribution in [0.1, 0.15) is 13.3 Å². The Morgan fingerprint density at radius 1 is 1.33 bits per heavy atom. The molecule has 0 N–H and O–H groups in total. The third-order valence-corrected chi connectivity index (χ3v) is 5.33. The minimum absolute atomic E-state index is 0.0739. The van der Waals surface area contributed by atoms with Crippen LogP contribution in [0.3, 0.4) is 0 Å². The Kier molecular flexibility index (Phi) is 6.18. The van der Waals surface area contributed by atoms with E-state index in [2.05, 4.69) is 5.92 Å². The molecule has 0 aliphatic carbocycles. The number of hydrogen-bond donors (Lipinski definition) is 0. The Balaban J connectivity index is 2.16. The second kappa shape index (κ2) is 8.13. The Morgan fingerprint density at radius 3 is 2.58 bits per heavy atom. The summed E-state index contributed by atoms with van der Waals surface area (Å²) in [4.78, 5) is 16.4. The van der Waals surface area contributed by atoms with Crippen LogP contribution < -0.4 is 4.90 Å². The van der Waals surface area contributed by atoms with Crippen LogP contribution in [0.25, 0.3) is 0 Å². The van der Waals surface area contributed by atoms with E-state index in [1.54, 1.807) is 11.0 Å². The van der Waals surface area contributed by atoms with Crippen LogP contribution in [-0.2, 0) is 14.6 Å². The van der Waals surface area contributed by atoms with Crippen molar-refractivity contribution in [3.05, 3.63) is 41.8 Å². The molecule has 0 saturated carbocycles. The maximum Gasteiger partial charge on any atom is 0.228 e. The molecule has 1 amide bonds. The maximum atomic E-state index is 12.8. The molecule has 0 fully saturated rings. The second-order valence-electron chi connectivity index (χ2n) is 5.65. The maximum absolute atomic E-state index is 12.8. The first-order valence-corrected chi connectivity index (χ1v) is 9.62. The van der Waals surface area contributed by atoms with Gasteiger partial charge in [-0.15, -0.1) is 6.42 Å². The quantitative estimate of drug-likeness (QED) is 0.705. The molecule has 1 aliphatic rings. The van der Waals surface area contributed by atoms with Crippen molar-refractivity contribution in [1.29, 1.82) is 0 Å². The zero-order valence-electron chi connectivity index (χ0n) is 13.8. The van der Waals surface area contributed by atoms with Gasteiger partial charge in [-0.05, 0) is 24.8 Å². The lowest BCUT2D eigenvalue weighted by Crippen LogP contribution is -2.42. The van der Waals surface area contributed by atoms with Crippen LogP contribution in [0.15, 0.2) is 41.8 Å². The first-order chi connectivity index (χ1) is 11.5. The Bertz CT molecular complexity index is 735. The molecule has 0 bridgehead atoms. The van der Waals surface area contributed by atoms with Crippen molar-refractivity contribution in [1.82, 2.24) is 4.90 Å². The van der Waals surface area contributed by atoms with Gasteiger partial charge >= 0.3 is 0 Å². The largest absolute Gasteiger partial charge is 0.304 e. The van der Waals surface area contributed by atoms with E-state index in [-0.39, 0.29) is 18.1 Å². The van der Waals surface area contributed by atoms with Gasteiger partial charge in [-0.3, -0.25) is 9.69 Å². The molecule has 0 radical (unpaired) electrons. The molecule has 24 heavy (non-hydrogen) atoms. The summed E-state index contributed by atoms with van der Waals surface area (Å²) in [5, 5.41) is 1.19. The molecule has 128 valence electrons. The third-order valence-electron chi connectivity index (χ3n) is 3.95. The van der Waals surface area contributed by atoms with Crippen molar-refractivity contribution in [3.63, 3.8) is 0 Å². The SMILES string of the molecule is C#CCN(CC)CCC(=O)N(c1ccccc1)[C@@H]1C=CS(=O)(=O)C1. The van der Waals surface area contributed by atoms with Gasteiger partial charge in [-0.2, -0.15) is 0 Å². The topological polar surface area (TPSA) is 57.7 Å². The number of amides is 1. The molecule has 1 aliphatic heterocycles. The predicted molar refractivity (Wildman–Crippen MR) is 96.2 cm³/mol. The Hall–Kier alpha value is -2.10. The highest BCUT2D eigenvalue weighted by Gasteiger charge is 2.31. The fraction of sp³-hybridized carbons (Fsp3) is 0.389. The minimum atomic E-state index is -3.24. The van der Waals surface area contributed by atoms with E-state index >= 15 is 0 Å². The van der Waals surface area contributed by atoms with Crippen molar-refractivity contribution < 1.29 is 13.2 Å². The van der Waals surface area contributed by atoms with Crippen LogP contribution in [0, 0.1) is 12.3 Å². The summed E-state index contributed by atoms with van der Waals surface area (Å²) in [6.07, 6.45) is 7.20. The highest BCUT2D eigenvalue weighted by molar-refractivity contribution is 7.94. The highest BCUT2D eigenvalue weighted by atomic mass is 32.2. The molecular formula is C18H22N2O3S. The molecule has 5 nitrogen and oxygen atoms in total. The van der Waals surface area contributed by atoms with Crippen molar-refractivity contribution in [3.8, 4) is 12.3 Å². The predicted octanol–water partition coefficient (Wildman–Crippen LogP) is 1.68. The number of benzene rings is 1. The van der Waals surface area contributed by atoms with Crippen molar-refractivity contribution >= 4 is 21.4 Å². The lowest BCUT2D eigenvalue weighted by molar-refractivity contribution is -0.119. The van der Waals surface area contributed by atoms with Gasteiger partial charge in [0, 0.05) is 24.1 Å². The van der Waals surface area contributed by atoms with Gasteiger partial charge < -0.3 is 4.90 Å². The molecule has 2 rings (SSSR count). The average Bonchev–Trinajstić information content (AvgIpc) is 2.92. The van der Waals surface area contributed by atoms with Gasteiger partial charge in [0.05, 0.1) is 18.3 Å². The first-order valence-electron chi connectivity index (χ1n) is 7.90. The standard InChI is InChI=1S/C18H22N2O3S/c1-3-12-19(4-2)13-10-18(21)20(16-8-6-5-7-9-16)17-11-14-24(22,23)15-17/h1,5-9,11,14,17H,4,10,12-13,15H2,2H3/t17-/m1/s1. The lowest BCUT2D eigenvalue weighted by Gasteiger charge is -2.28. The number of hydrogen-bond acceptors (Lipinski definition) is 4. The fourth-order valence-corrected chi connectivity index (χ4v) is 3.95. The summed E-state index contributed by atoms with van der Waals surface area (Å²) in [6, 6.07) is 8.69. The number of nitrogens with zero attached hydrogens (tertiary/aromatic N) is 2. The van der Waals surface area contributed by atoms with Crippen molar-refractivity contribution in [2.45, 2.75) is 19.4 Å². The summed E-state index contributed by atoms with van der Waals surface area (Å²) in [5.74, 6) is 2.40. The van der Waals surface area contributed by atoms with Gasteiger partial charge in [0.25, 0.3) is 0 Å². The Morgan fingerprint density at radius 2 is 2.04 bits per heavy atom. The van der Waals surface area contributed by atoms with Gasteiger partial charge in [0.1, 0.15) is 0 Å². The van der Waals surface area contributed by atoms with Crippen LogP contribution in [0.4, 0.5) is 5.69 Å². The normalized spacial score (nSPS) is 18.5. The third kappa shape index (κ3) is 4.70. The van der Waals surface area contributed by atoms with Crippen LogP contribution in [-0.4, -0.2) is 50.7 Å². The Labute approximate surface area is 143 Å². The number of para-hydroxylation sites is 1. The molecule has 1 aromatic carbocycles. The van der Waals surface area contributed by atoms with Gasteiger partial charge in [0.2, 0.25) is 5.91 Å². The molecule has 6 heteroatoms. The fourth-order valence-electron chi connectivity index (χ4n) is 2.68. The molecule has 1 heterocycles.